The molecule has 0 N–H and O–H groups in total. The van der Waals surface area contributed by atoms with Crippen LogP contribution in [0.1, 0.15) is 69.4 Å². The molecule has 6 heteroatoms. The molecule has 0 bridgehead atoms. The summed E-state index contributed by atoms with van der Waals surface area (Å²) in [5.74, 6) is 0.0977. The Morgan fingerprint density at radius 2 is 1.76 bits per heavy atom. The molecule has 3 rings (SSSR count). The molecule has 29 heavy (non-hydrogen) atoms. The molecule has 1 aliphatic carbocycles. The van der Waals surface area contributed by atoms with Crippen molar-refractivity contribution in [2.75, 3.05) is 18.8 Å². The molecule has 1 amide bonds. The highest BCUT2D eigenvalue weighted by Crippen LogP contribution is 2.29. The first-order chi connectivity index (χ1) is 13.9. The average Bonchev–Trinajstić information content (AvgIpc) is 2.73. The highest BCUT2D eigenvalue weighted by molar-refractivity contribution is 7.89. The number of carbonyl (C=O) groups excluding carboxylic acids is 1. The van der Waals surface area contributed by atoms with Crippen molar-refractivity contribution in [1.29, 1.82) is 0 Å². The van der Waals surface area contributed by atoms with Gasteiger partial charge in [0, 0.05) is 25.7 Å². The third-order valence-corrected chi connectivity index (χ3v) is 8.40. The summed E-state index contributed by atoms with van der Waals surface area (Å²) in [6.07, 6.45) is 7.86. The first kappa shape index (κ1) is 22.3. The van der Waals surface area contributed by atoms with E-state index in [9.17, 15) is 13.2 Å². The number of sulfonamides is 1. The van der Waals surface area contributed by atoms with Gasteiger partial charge in [-0.2, -0.15) is 0 Å². The van der Waals surface area contributed by atoms with Gasteiger partial charge in [-0.05, 0) is 44.6 Å². The predicted octanol–water partition coefficient (Wildman–Crippen LogP) is 4.11. The summed E-state index contributed by atoms with van der Waals surface area (Å²) >= 11 is 0. The number of hydrogen-bond donors (Lipinski definition) is 0. The second-order valence-electron chi connectivity index (χ2n) is 8.76. The minimum absolute atomic E-state index is 0.147. The van der Waals surface area contributed by atoms with Gasteiger partial charge < -0.3 is 4.90 Å². The Labute approximate surface area is 176 Å². The fourth-order valence-corrected chi connectivity index (χ4v) is 6.28. The molecule has 2 fully saturated rings. The number of rotatable bonds is 7. The lowest BCUT2D eigenvalue weighted by atomic mass is 9.91. The molecule has 0 radical (unpaired) electrons. The maximum absolute atomic E-state index is 13.6. The monoisotopic (exact) mass is 420 g/mol. The third-order valence-electron chi connectivity index (χ3n) is 6.36. The van der Waals surface area contributed by atoms with Crippen molar-refractivity contribution in [1.82, 2.24) is 9.21 Å². The molecule has 1 atom stereocenters. The van der Waals surface area contributed by atoms with E-state index in [1.165, 1.54) is 24.8 Å². The number of aryl methyl sites for hydroxylation is 1. The Kier molecular flexibility index (Phi) is 7.74. The fraction of sp³-hybridized carbons (Fsp3) is 0.696. The lowest BCUT2D eigenvalue weighted by Gasteiger charge is -2.39. The normalized spacial score (nSPS) is 21.8. The lowest BCUT2D eigenvalue weighted by Crippen LogP contribution is -2.50. The van der Waals surface area contributed by atoms with Gasteiger partial charge in [-0.3, -0.25) is 4.79 Å². The predicted molar refractivity (Wildman–Crippen MR) is 117 cm³/mol. The van der Waals surface area contributed by atoms with Crippen LogP contribution in [0.15, 0.2) is 24.3 Å². The Morgan fingerprint density at radius 1 is 1.07 bits per heavy atom. The van der Waals surface area contributed by atoms with Crippen molar-refractivity contribution < 1.29 is 13.2 Å². The van der Waals surface area contributed by atoms with Crippen LogP contribution in [0.2, 0.25) is 0 Å². The second kappa shape index (κ2) is 10.1. The van der Waals surface area contributed by atoms with Gasteiger partial charge in [0.25, 0.3) is 0 Å². The lowest BCUT2D eigenvalue weighted by molar-refractivity contribution is -0.140. The zero-order chi connectivity index (χ0) is 20.9. The van der Waals surface area contributed by atoms with Gasteiger partial charge in [-0.1, -0.05) is 56.0 Å². The van der Waals surface area contributed by atoms with E-state index < -0.39 is 10.0 Å². The molecule has 1 saturated carbocycles. The molecule has 1 unspecified atom stereocenters. The maximum Gasteiger partial charge on any atom is 0.227 e. The van der Waals surface area contributed by atoms with Gasteiger partial charge >= 0.3 is 0 Å². The smallest absolute Gasteiger partial charge is 0.227 e. The quantitative estimate of drug-likeness (QED) is 0.667. The van der Waals surface area contributed by atoms with Crippen molar-refractivity contribution in [2.45, 2.75) is 77.8 Å². The summed E-state index contributed by atoms with van der Waals surface area (Å²) in [6.45, 7) is 5.48. The number of hydrogen-bond acceptors (Lipinski definition) is 3. The highest BCUT2D eigenvalue weighted by Gasteiger charge is 2.36. The van der Waals surface area contributed by atoms with Gasteiger partial charge in [0.15, 0.2) is 0 Å². The largest absolute Gasteiger partial charge is 0.335 e. The minimum Gasteiger partial charge on any atom is -0.335 e. The zero-order valence-electron chi connectivity index (χ0n) is 18.0. The molecule has 1 aromatic carbocycles. The maximum atomic E-state index is 13.6. The first-order valence-electron chi connectivity index (χ1n) is 11.2. The number of benzene rings is 1. The van der Waals surface area contributed by atoms with E-state index in [-0.39, 0.29) is 23.6 Å². The molecule has 1 saturated heterocycles. The summed E-state index contributed by atoms with van der Waals surface area (Å²) in [5.41, 5.74) is 2.37. The molecule has 1 aromatic rings. The van der Waals surface area contributed by atoms with Crippen LogP contribution in [-0.2, 0) is 21.4 Å². The van der Waals surface area contributed by atoms with Crippen LogP contribution >= 0.6 is 0 Å². The van der Waals surface area contributed by atoms with Gasteiger partial charge in [-0.15, -0.1) is 0 Å². The van der Waals surface area contributed by atoms with Crippen molar-refractivity contribution in [3.05, 3.63) is 35.4 Å². The van der Waals surface area contributed by atoms with Gasteiger partial charge in [0.2, 0.25) is 15.9 Å². The van der Waals surface area contributed by atoms with E-state index in [4.69, 9.17) is 0 Å². The van der Waals surface area contributed by atoms with Gasteiger partial charge in [-0.25, -0.2) is 12.7 Å². The highest BCUT2D eigenvalue weighted by atomic mass is 32.2. The fourth-order valence-electron chi connectivity index (χ4n) is 4.69. The molecule has 162 valence electrons. The van der Waals surface area contributed by atoms with Gasteiger partial charge in [0.05, 0.1) is 11.7 Å². The number of carbonyl (C=O) groups is 1. The van der Waals surface area contributed by atoms with Crippen LogP contribution in [-0.4, -0.2) is 48.4 Å². The molecule has 1 aliphatic heterocycles. The summed E-state index contributed by atoms with van der Waals surface area (Å²) in [7, 11) is -3.25. The average molecular weight is 421 g/mol. The summed E-state index contributed by atoms with van der Waals surface area (Å²) < 4.78 is 26.7. The van der Waals surface area contributed by atoms with E-state index in [0.29, 0.717) is 26.1 Å². The third kappa shape index (κ3) is 5.82. The van der Waals surface area contributed by atoms with E-state index in [1.54, 1.807) is 4.31 Å². The van der Waals surface area contributed by atoms with E-state index >= 15 is 0 Å². The summed E-state index contributed by atoms with van der Waals surface area (Å²) in [4.78, 5) is 15.7. The second-order valence-corrected chi connectivity index (χ2v) is 10.8. The zero-order valence-corrected chi connectivity index (χ0v) is 18.8. The van der Waals surface area contributed by atoms with E-state index in [2.05, 4.69) is 36.1 Å². The van der Waals surface area contributed by atoms with E-state index in [1.807, 2.05) is 6.92 Å². The molecule has 0 spiro atoms. The number of amides is 1. The van der Waals surface area contributed by atoms with Crippen LogP contribution in [0.4, 0.5) is 0 Å². The summed E-state index contributed by atoms with van der Waals surface area (Å²) in [5, 5.41) is 0. The standard InChI is InChI=1S/C23H36N2O3S/c1-3-16-29(27,28)24-15-7-8-21(18-24)23(26)25(22-9-5-4-6-10-22)17-20-13-11-19(2)12-14-20/h11-14,21-22H,3-10,15-18H2,1-2H3. The molecule has 1 heterocycles. The van der Waals surface area contributed by atoms with Crippen molar-refractivity contribution >= 4 is 15.9 Å². The molecular formula is C23H36N2O3S. The van der Waals surface area contributed by atoms with Crippen molar-refractivity contribution in [3.8, 4) is 0 Å². The van der Waals surface area contributed by atoms with E-state index in [0.717, 1.165) is 31.2 Å². The molecular weight excluding hydrogens is 384 g/mol. The first-order valence-corrected chi connectivity index (χ1v) is 12.9. The molecule has 5 nitrogen and oxygen atoms in total. The number of piperidine rings is 1. The minimum atomic E-state index is -3.25. The van der Waals surface area contributed by atoms with Crippen LogP contribution in [0.3, 0.4) is 0 Å². The Balaban J connectivity index is 1.76. The van der Waals surface area contributed by atoms with Gasteiger partial charge in [0.1, 0.15) is 0 Å². The van der Waals surface area contributed by atoms with Crippen molar-refractivity contribution in [3.63, 3.8) is 0 Å². The van der Waals surface area contributed by atoms with Crippen LogP contribution in [0, 0.1) is 12.8 Å². The van der Waals surface area contributed by atoms with Crippen LogP contribution in [0.25, 0.3) is 0 Å². The van der Waals surface area contributed by atoms with Crippen LogP contribution < -0.4 is 0 Å². The Hall–Kier alpha value is -1.40. The van der Waals surface area contributed by atoms with Crippen LogP contribution in [0.5, 0.6) is 0 Å². The number of nitrogens with zero attached hydrogens (tertiary/aromatic N) is 2. The Bertz CT molecular complexity index is 770. The SMILES string of the molecule is CCCS(=O)(=O)N1CCCC(C(=O)N(Cc2ccc(C)cc2)C2CCCCC2)C1. The Morgan fingerprint density at radius 3 is 2.41 bits per heavy atom. The molecule has 0 aromatic heterocycles. The molecule has 2 aliphatic rings. The van der Waals surface area contributed by atoms with Crippen molar-refractivity contribution in [2.24, 2.45) is 5.92 Å². The topological polar surface area (TPSA) is 57.7 Å². The summed E-state index contributed by atoms with van der Waals surface area (Å²) in [6, 6.07) is 8.69.